The molecule has 1 atom stereocenters. The van der Waals surface area contributed by atoms with Gasteiger partial charge in [0.2, 0.25) is 10.1 Å². The van der Waals surface area contributed by atoms with Crippen LogP contribution in [0.25, 0.3) is 0 Å². The zero-order chi connectivity index (χ0) is 16.9. The topological polar surface area (TPSA) is 87.1 Å². The molecule has 0 aliphatic rings. The number of aromatic nitrogens is 2. The second kappa shape index (κ2) is 7.38. The Morgan fingerprint density at radius 3 is 2.52 bits per heavy atom. The third-order valence-corrected chi connectivity index (χ3v) is 3.65. The summed E-state index contributed by atoms with van der Waals surface area (Å²) in [4.78, 5) is 11.8. The molecular weight excluding hydrogens is 333 g/mol. The third-order valence-electron chi connectivity index (χ3n) is 2.77. The minimum absolute atomic E-state index is 0.225. The van der Waals surface area contributed by atoms with E-state index in [1.54, 1.807) is 0 Å². The molecule has 23 heavy (non-hydrogen) atoms. The average molecular weight is 346 g/mol. The summed E-state index contributed by atoms with van der Waals surface area (Å²) < 4.78 is 37.2. The number of nitrogens with zero attached hydrogens (tertiary/aromatic N) is 2. The zero-order valence-corrected chi connectivity index (χ0v) is 12.5. The monoisotopic (exact) mass is 346 g/mol. The Balaban J connectivity index is 1.91. The van der Waals surface area contributed by atoms with E-state index in [0.717, 1.165) is 5.56 Å². The Hall–Kier alpha value is -2.20. The summed E-state index contributed by atoms with van der Waals surface area (Å²) >= 11 is 0.225. The Morgan fingerprint density at radius 1 is 1.26 bits per heavy atom. The molecule has 1 heterocycles. The van der Waals surface area contributed by atoms with Gasteiger partial charge in [0, 0.05) is 0 Å². The highest BCUT2D eigenvalue weighted by Crippen LogP contribution is 2.32. The van der Waals surface area contributed by atoms with Crippen LogP contribution in [0.3, 0.4) is 0 Å². The van der Waals surface area contributed by atoms with Gasteiger partial charge in [-0.1, -0.05) is 41.7 Å². The quantitative estimate of drug-likeness (QED) is 0.775. The van der Waals surface area contributed by atoms with Crippen molar-refractivity contribution in [2.24, 2.45) is 0 Å². The predicted octanol–water partition coefficient (Wildman–Crippen LogP) is 2.28. The van der Waals surface area contributed by atoms with Gasteiger partial charge < -0.3 is 10.4 Å². The molecule has 2 aromatic rings. The van der Waals surface area contributed by atoms with Crippen molar-refractivity contribution >= 4 is 22.5 Å². The summed E-state index contributed by atoms with van der Waals surface area (Å²) in [6.45, 7) is -0.313. The van der Waals surface area contributed by atoms with E-state index in [-0.39, 0.29) is 23.1 Å². The number of benzene rings is 1. The van der Waals surface area contributed by atoms with Crippen molar-refractivity contribution in [3.63, 3.8) is 0 Å². The lowest BCUT2D eigenvalue weighted by molar-refractivity contribution is -0.138. The van der Waals surface area contributed by atoms with E-state index in [0.29, 0.717) is 6.42 Å². The molecule has 2 rings (SSSR count). The van der Waals surface area contributed by atoms with Crippen molar-refractivity contribution in [1.82, 2.24) is 15.5 Å². The third kappa shape index (κ3) is 5.18. The van der Waals surface area contributed by atoms with Crippen LogP contribution in [0.5, 0.6) is 0 Å². The van der Waals surface area contributed by atoms with Gasteiger partial charge in [0.05, 0.1) is 12.6 Å². The first-order valence-corrected chi connectivity index (χ1v) is 7.33. The summed E-state index contributed by atoms with van der Waals surface area (Å²) in [5.41, 5.74) is 0.905. The highest BCUT2D eigenvalue weighted by molar-refractivity contribution is 7.15. The van der Waals surface area contributed by atoms with Crippen LogP contribution < -0.4 is 10.6 Å². The number of anilines is 1. The summed E-state index contributed by atoms with van der Waals surface area (Å²) in [6.07, 6.45) is -4.22. The molecular formula is C13H13F3N4O2S. The Labute approximate surface area is 133 Å². The van der Waals surface area contributed by atoms with Crippen LogP contribution in [-0.2, 0) is 12.6 Å². The molecule has 0 unspecified atom stereocenters. The number of carbonyl (C=O) groups is 1. The van der Waals surface area contributed by atoms with Gasteiger partial charge in [-0.25, -0.2) is 4.79 Å². The second-order valence-electron chi connectivity index (χ2n) is 4.58. The molecule has 0 saturated carbocycles. The fraction of sp³-hybridized carbons (Fsp3) is 0.308. The highest BCUT2D eigenvalue weighted by atomic mass is 32.1. The summed E-state index contributed by atoms with van der Waals surface area (Å²) in [6, 6.07) is 7.82. The van der Waals surface area contributed by atoms with Crippen molar-refractivity contribution in [3.8, 4) is 0 Å². The van der Waals surface area contributed by atoms with Crippen LogP contribution in [0.2, 0.25) is 0 Å². The Kier molecular flexibility index (Phi) is 5.50. The minimum atomic E-state index is -4.60. The van der Waals surface area contributed by atoms with Crippen LogP contribution in [-0.4, -0.2) is 34.0 Å². The first kappa shape index (κ1) is 17.2. The van der Waals surface area contributed by atoms with E-state index in [1.165, 1.54) is 0 Å². The number of nitrogens with one attached hydrogen (secondary N) is 2. The van der Waals surface area contributed by atoms with Gasteiger partial charge in [0.15, 0.2) is 0 Å². The molecule has 0 saturated heterocycles. The number of urea groups is 1. The van der Waals surface area contributed by atoms with Gasteiger partial charge in [-0.2, -0.15) is 13.2 Å². The number of carbonyl (C=O) groups excluding carboxylic acids is 1. The molecule has 124 valence electrons. The van der Waals surface area contributed by atoms with Gasteiger partial charge >= 0.3 is 12.2 Å². The molecule has 0 radical (unpaired) electrons. The molecule has 1 aromatic heterocycles. The lowest BCUT2D eigenvalue weighted by Crippen LogP contribution is -2.41. The summed E-state index contributed by atoms with van der Waals surface area (Å²) in [5, 5.41) is 18.7. The standard InChI is InChI=1S/C13H13F3N4O2S/c14-13(15,16)10-19-20-12(23-10)18-11(22)17-9(7-21)6-8-4-2-1-3-5-8/h1-5,9,21H,6-7H2,(H2,17,18,20,22)/t9-/m0/s1. The Morgan fingerprint density at radius 2 is 1.96 bits per heavy atom. The first-order valence-electron chi connectivity index (χ1n) is 6.51. The van der Waals surface area contributed by atoms with Crippen LogP contribution >= 0.6 is 11.3 Å². The first-order chi connectivity index (χ1) is 10.9. The number of aliphatic hydroxyl groups is 1. The van der Waals surface area contributed by atoms with Crippen molar-refractivity contribution in [2.45, 2.75) is 18.6 Å². The van der Waals surface area contributed by atoms with Crippen LogP contribution in [0.15, 0.2) is 30.3 Å². The molecule has 2 amide bonds. The largest absolute Gasteiger partial charge is 0.445 e. The normalized spacial score (nSPS) is 12.7. The number of alkyl halides is 3. The number of hydrogen-bond donors (Lipinski definition) is 3. The molecule has 3 N–H and O–H groups in total. The van der Waals surface area contributed by atoms with Gasteiger partial charge in [0.1, 0.15) is 0 Å². The highest BCUT2D eigenvalue weighted by Gasteiger charge is 2.35. The molecule has 0 spiro atoms. The van der Waals surface area contributed by atoms with Crippen molar-refractivity contribution in [1.29, 1.82) is 0 Å². The number of amides is 2. The summed E-state index contributed by atoms with van der Waals surface area (Å²) in [5.74, 6) is 0. The van der Waals surface area contributed by atoms with E-state index >= 15 is 0 Å². The molecule has 0 aliphatic carbocycles. The number of hydrogen-bond acceptors (Lipinski definition) is 5. The molecule has 10 heteroatoms. The smallest absolute Gasteiger partial charge is 0.394 e. The van der Waals surface area contributed by atoms with Crippen LogP contribution in [0.1, 0.15) is 10.6 Å². The number of rotatable bonds is 5. The average Bonchev–Trinajstić information content (AvgIpc) is 2.96. The van der Waals surface area contributed by atoms with Gasteiger partial charge in [-0.15, -0.1) is 10.2 Å². The lowest BCUT2D eigenvalue weighted by atomic mass is 10.1. The van der Waals surface area contributed by atoms with Gasteiger partial charge in [-0.05, 0) is 12.0 Å². The van der Waals surface area contributed by atoms with E-state index < -0.39 is 23.3 Å². The van der Waals surface area contributed by atoms with Gasteiger partial charge in [0.25, 0.3) is 0 Å². The molecule has 1 aromatic carbocycles. The van der Waals surface area contributed by atoms with E-state index in [2.05, 4.69) is 20.8 Å². The lowest BCUT2D eigenvalue weighted by Gasteiger charge is -2.16. The second-order valence-corrected chi connectivity index (χ2v) is 5.56. The number of halogens is 3. The summed E-state index contributed by atoms with van der Waals surface area (Å²) in [7, 11) is 0. The SMILES string of the molecule is O=C(Nc1nnc(C(F)(F)F)s1)N[C@H](CO)Cc1ccccc1. The van der Waals surface area contributed by atoms with Crippen LogP contribution in [0.4, 0.5) is 23.1 Å². The van der Waals surface area contributed by atoms with E-state index in [9.17, 15) is 23.1 Å². The van der Waals surface area contributed by atoms with Crippen molar-refractivity contribution in [2.75, 3.05) is 11.9 Å². The maximum Gasteiger partial charge on any atom is 0.445 e. The minimum Gasteiger partial charge on any atom is -0.394 e. The van der Waals surface area contributed by atoms with Crippen molar-refractivity contribution < 1.29 is 23.1 Å². The van der Waals surface area contributed by atoms with Crippen molar-refractivity contribution in [3.05, 3.63) is 40.9 Å². The molecule has 0 bridgehead atoms. The molecule has 0 aliphatic heterocycles. The predicted molar refractivity (Wildman–Crippen MR) is 78.1 cm³/mol. The Bertz CT molecular complexity index is 648. The van der Waals surface area contributed by atoms with Gasteiger partial charge in [-0.3, -0.25) is 5.32 Å². The maximum atomic E-state index is 12.4. The number of aliphatic hydroxyl groups excluding tert-OH is 1. The zero-order valence-electron chi connectivity index (χ0n) is 11.7. The van der Waals surface area contributed by atoms with Crippen LogP contribution in [0, 0.1) is 0 Å². The van der Waals surface area contributed by atoms with E-state index in [4.69, 9.17) is 0 Å². The fourth-order valence-corrected chi connectivity index (χ4v) is 2.37. The molecule has 0 fully saturated rings. The van der Waals surface area contributed by atoms with E-state index in [1.807, 2.05) is 30.3 Å². The molecule has 6 nitrogen and oxygen atoms in total. The maximum absolute atomic E-state index is 12.4. The fourth-order valence-electron chi connectivity index (χ4n) is 1.77.